The zero-order valence-corrected chi connectivity index (χ0v) is 19.7. The van der Waals surface area contributed by atoms with Gasteiger partial charge in [0, 0.05) is 16.1 Å². The fourth-order valence-electron chi connectivity index (χ4n) is 2.51. The topological polar surface area (TPSA) is 130 Å². The number of nitrogens with one attached hydrogen (secondary N) is 3. The Bertz CT molecular complexity index is 1250. The number of halogens is 1. The third kappa shape index (κ3) is 6.02. The van der Waals surface area contributed by atoms with Crippen LogP contribution in [-0.4, -0.2) is 36.0 Å². The molecule has 168 valence electrons. The minimum absolute atomic E-state index is 0.00378. The second kappa shape index (κ2) is 9.23. The number of nitrogens with zero attached hydrogens (tertiary/aromatic N) is 2. The molecular weight excluding hydrogens is 474 g/mol. The number of para-hydroxylation sites is 1. The lowest BCUT2D eigenvalue weighted by molar-refractivity contribution is 0.0919. The number of benzene rings is 2. The Kier molecular flexibility index (Phi) is 6.82. The molecule has 32 heavy (non-hydrogen) atoms. The van der Waals surface area contributed by atoms with Crippen molar-refractivity contribution in [1.82, 2.24) is 15.5 Å². The Morgan fingerprint density at radius 3 is 2.28 bits per heavy atom. The molecule has 3 rings (SSSR count). The quantitative estimate of drug-likeness (QED) is 0.448. The molecule has 2 amide bonds. The molecule has 3 N–H and O–H groups in total. The van der Waals surface area contributed by atoms with Crippen LogP contribution in [0.5, 0.6) is 0 Å². The Morgan fingerprint density at radius 1 is 0.969 bits per heavy atom. The van der Waals surface area contributed by atoms with Crippen LogP contribution in [0.3, 0.4) is 0 Å². The zero-order chi connectivity index (χ0) is 23.5. The molecule has 0 atom stereocenters. The molecule has 1 heterocycles. The maximum Gasteiger partial charge on any atom is 0.291 e. The van der Waals surface area contributed by atoms with E-state index in [4.69, 9.17) is 11.6 Å². The van der Waals surface area contributed by atoms with E-state index < -0.39 is 27.4 Å². The van der Waals surface area contributed by atoms with E-state index in [0.717, 1.165) is 0 Å². The summed E-state index contributed by atoms with van der Waals surface area (Å²) in [5, 5.41) is 13.2. The molecule has 12 heteroatoms. The lowest BCUT2D eigenvalue weighted by atomic mass is 10.1. The number of hydrogen-bond donors (Lipinski definition) is 3. The van der Waals surface area contributed by atoms with Crippen LogP contribution in [0.1, 0.15) is 41.5 Å². The van der Waals surface area contributed by atoms with Crippen LogP contribution in [0.4, 0.5) is 10.8 Å². The molecule has 0 aliphatic rings. The summed E-state index contributed by atoms with van der Waals surface area (Å²) in [6.45, 7) is 5.45. The highest BCUT2D eigenvalue weighted by Gasteiger charge is 2.24. The first kappa shape index (κ1) is 23.6. The molecule has 0 aliphatic carbocycles. The average molecular weight is 494 g/mol. The SMILES string of the molecule is CC(C)(C)NC(=O)c1ccccc1NS(=O)(=O)c1nnc(NC(=O)c2ccc(Cl)cc2)s1. The summed E-state index contributed by atoms with van der Waals surface area (Å²) in [6.07, 6.45) is 0. The van der Waals surface area contributed by atoms with E-state index in [2.05, 4.69) is 25.6 Å². The summed E-state index contributed by atoms with van der Waals surface area (Å²) in [5.41, 5.74) is 0.0772. The fraction of sp³-hybridized carbons (Fsp3) is 0.200. The van der Waals surface area contributed by atoms with E-state index in [9.17, 15) is 18.0 Å². The normalized spacial score (nSPS) is 11.6. The van der Waals surface area contributed by atoms with Crippen molar-refractivity contribution in [3.8, 4) is 0 Å². The summed E-state index contributed by atoms with van der Waals surface area (Å²) < 4.78 is 27.6. The molecule has 3 aromatic rings. The summed E-state index contributed by atoms with van der Waals surface area (Å²) >= 11 is 6.49. The summed E-state index contributed by atoms with van der Waals surface area (Å²) in [4.78, 5) is 24.8. The van der Waals surface area contributed by atoms with Gasteiger partial charge in [0.15, 0.2) is 0 Å². The first-order valence-corrected chi connectivity index (χ1v) is 12.0. The Morgan fingerprint density at radius 2 is 1.62 bits per heavy atom. The highest BCUT2D eigenvalue weighted by Crippen LogP contribution is 2.25. The molecule has 0 saturated heterocycles. The number of sulfonamides is 1. The maximum atomic E-state index is 12.8. The van der Waals surface area contributed by atoms with Crippen LogP contribution < -0.4 is 15.4 Å². The number of carbonyl (C=O) groups is 2. The van der Waals surface area contributed by atoms with Gasteiger partial charge in [0.25, 0.3) is 26.2 Å². The number of anilines is 2. The molecule has 0 aliphatic heterocycles. The molecule has 0 bridgehead atoms. The molecule has 1 aromatic heterocycles. The highest BCUT2D eigenvalue weighted by atomic mass is 35.5. The van der Waals surface area contributed by atoms with E-state index in [0.29, 0.717) is 21.9 Å². The maximum absolute atomic E-state index is 12.8. The second-order valence-corrected chi connectivity index (χ2v) is 11.0. The van der Waals surface area contributed by atoms with Crippen molar-refractivity contribution in [1.29, 1.82) is 0 Å². The molecule has 9 nitrogen and oxygen atoms in total. The van der Waals surface area contributed by atoms with Gasteiger partial charge in [0.1, 0.15) is 0 Å². The van der Waals surface area contributed by atoms with Gasteiger partial charge in [-0.25, -0.2) is 0 Å². The van der Waals surface area contributed by atoms with Gasteiger partial charge >= 0.3 is 0 Å². The first-order chi connectivity index (χ1) is 14.9. The fourth-order valence-corrected chi connectivity index (χ4v) is 4.61. The number of amides is 2. The minimum Gasteiger partial charge on any atom is -0.347 e. The number of aromatic nitrogens is 2. The summed E-state index contributed by atoms with van der Waals surface area (Å²) in [5.74, 6) is -0.914. The standard InChI is InChI=1S/C20H20ClN5O4S2/c1-20(2,3)23-17(28)14-6-4-5-7-15(14)26-32(29,30)19-25-24-18(31-19)22-16(27)12-8-10-13(21)11-9-12/h4-11,26H,1-3H3,(H,23,28)(H,22,24,27). The van der Waals surface area contributed by atoms with Gasteiger partial charge in [-0.1, -0.05) is 35.1 Å². The summed E-state index contributed by atoms with van der Waals surface area (Å²) in [7, 11) is -4.15. The van der Waals surface area contributed by atoms with Crippen molar-refractivity contribution in [2.45, 2.75) is 30.6 Å². The molecule has 2 aromatic carbocycles. The first-order valence-electron chi connectivity index (χ1n) is 9.29. The molecule has 0 radical (unpaired) electrons. The number of rotatable bonds is 6. The molecule has 0 fully saturated rings. The van der Waals surface area contributed by atoms with Crippen LogP contribution >= 0.6 is 22.9 Å². The van der Waals surface area contributed by atoms with Gasteiger partial charge in [-0.15, -0.1) is 10.2 Å². The van der Waals surface area contributed by atoms with Gasteiger partial charge < -0.3 is 5.32 Å². The van der Waals surface area contributed by atoms with Crippen LogP contribution in [0, 0.1) is 0 Å². The number of carbonyl (C=O) groups excluding carboxylic acids is 2. The lowest BCUT2D eigenvalue weighted by Crippen LogP contribution is -2.40. The van der Waals surface area contributed by atoms with Crippen molar-refractivity contribution in [2.24, 2.45) is 0 Å². The van der Waals surface area contributed by atoms with Crippen molar-refractivity contribution in [2.75, 3.05) is 10.0 Å². The van der Waals surface area contributed by atoms with Crippen LogP contribution in [-0.2, 0) is 10.0 Å². The Hall–Kier alpha value is -3.02. The lowest BCUT2D eigenvalue weighted by Gasteiger charge is -2.21. The van der Waals surface area contributed by atoms with E-state index in [1.807, 2.05) is 20.8 Å². The van der Waals surface area contributed by atoms with Crippen LogP contribution in [0.2, 0.25) is 5.02 Å². The summed E-state index contributed by atoms with van der Waals surface area (Å²) in [6, 6.07) is 12.4. The van der Waals surface area contributed by atoms with Crippen LogP contribution in [0.25, 0.3) is 0 Å². The largest absolute Gasteiger partial charge is 0.347 e. The van der Waals surface area contributed by atoms with E-state index in [-0.39, 0.29) is 20.7 Å². The second-order valence-electron chi connectivity index (χ2n) is 7.69. The van der Waals surface area contributed by atoms with Crippen molar-refractivity contribution in [3.63, 3.8) is 0 Å². The highest BCUT2D eigenvalue weighted by molar-refractivity contribution is 7.94. The molecule has 0 saturated carbocycles. The van der Waals surface area contributed by atoms with Crippen LogP contribution in [0.15, 0.2) is 52.9 Å². The van der Waals surface area contributed by atoms with Gasteiger partial charge in [-0.05, 0) is 57.2 Å². The van der Waals surface area contributed by atoms with Gasteiger partial charge in [0.2, 0.25) is 5.13 Å². The van der Waals surface area contributed by atoms with E-state index in [1.54, 1.807) is 24.3 Å². The number of hydrogen-bond acceptors (Lipinski definition) is 7. The Balaban J connectivity index is 1.77. The molecular formula is C20H20ClN5O4S2. The van der Waals surface area contributed by atoms with Gasteiger partial charge in [-0.2, -0.15) is 8.42 Å². The third-order valence-corrected chi connectivity index (χ3v) is 6.69. The predicted octanol–water partition coefficient (Wildman–Crippen LogP) is 3.77. The van der Waals surface area contributed by atoms with Crippen molar-refractivity contribution < 1.29 is 18.0 Å². The smallest absolute Gasteiger partial charge is 0.291 e. The van der Waals surface area contributed by atoms with Crippen molar-refractivity contribution in [3.05, 3.63) is 64.7 Å². The minimum atomic E-state index is -4.15. The molecule has 0 unspecified atom stereocenters. The zero-order valence-electron chi connectivity index (χ0n) is 17.3. The monoisotopic (exact) mass is 493 g/mol. The molecule has 0 spiro atoms. The third-order valence-electron chi connectivity index (χ3n) is 3.87. The van der Waals surface area contributed by atoms with E-state index >= 15 is 0 Å². The average Bonchev–Trinajstić information content (AvgIpc) is 3.17. The Labute approximate surface area is 194 Å². The van der Waals surface area contributed by atoms with Gasteiger partial charge in [0.05, 0.1) is 11.3 Å². The van der Waals surface area contributed by atoms with Crippen molar-refractivity contribution >= 4 is 55.6 Å². The van der Waals surface area contributed by atoms with Gasteiger partial charge in [-0.3, -0.25) is 19.6 Å². The van der Waals surface area contributed by atoms with E-state index in [1.165, 1.54) is 24.3 Å². The predicted molar refractivity (Wildman–Crippen MR) is 124 cm³/mol.